The molecule has 4 aromatic rings. The van der Waals surface area contributed by atoms with Crippen molar-refractivity contribution < 1.29 is 9.21 Å². The first-order valence-corrected chi connectivity index (χ1v) is 7.79. The molecule has 0 aliphatic rings. The number of hydrogen-bond donors (Lipinski definition) is 0. The van der Waals surface area contributed by atoms with Crippen molar-refractivity contribution in [1.82, 2.24) is 4.98 Å². The Kier molecular flexibility index (Phi) is 3.47. The summed E-state index contributed by atoms with van der Waals surface area (Å²) in [6, 6.07) is 22.6. The van der Waals surface area contributed by atoms with Crippen LogP contribution in [0.3, 0.4) is 0 Å². The van der Waals surface area contributed by atoms with Gasteiger partial charge in [0.05, 0.1) is 0 Å². The van der Waals surface area contributed by atoms with E-state index in [9.17, 15) is 4.79 Å². The minimum Gasteiger partial charge on any atom is -0.436 e. The largest absolute Gasteiger partial charge is 0.436 e. The summed E-state index contributed by atoms with van der Waals surface area (Å²) in [6.07, 6.45) is 0. The highest BCUT2D eigenvalue weighted by atomic mass is 16.3. The van der Waals surface area contributed by atoms with E-state index in [-0.39, 0.29) is 5.78 Å². The fraction of sp³-hybridized carbons (Fsp3) is 0.0476. The third-order valence-corrected chi connectivity index (χ3v) is 3.98. The average molecular weight is 313 g/mol. The average Bonchev–Trinajstić information content (AvgIpc) is 3.06. The minimum absolute atomic E-state index is 0.0344. The van der Waals surface area contributed by atoms with Gasteiger partial charge >= 0.3 is 0 Å². The van der Waals surface area contributed by atoms with E-state index in [0.717, 1.165) is 16.6 Å². The molecule has 0 atom stereocenters. The zero-order valence-corrected chi connectivity index (χ0v) is 13.2. The van der Waals surface area contributed by atoms with Crippen LogP contribution in [-0.2, 0) is 0 Å². The molecule has 1 aromatic heterocycles. The van der Waals surface area contributed by atoms with Gasteiger partial charge in [0, 0.05) is 16.7 Å². The summed E-state index contributed by atoms with van der Waals surface area (Å²) in [4.78, 5) is 17.4. The fourth-order valence-electron chi connectivity index (χ4n) is 2.77. The second-order valence-electron chi connectivity index (χ2n) is 5.73. The topological polar surface area (TPSA) is 43.1 Å². The van der Waals surface area contributed by atoms with Gasteiger partial charge < -0.3 is 4.42 Å². The lowest BCUT2D eigenvalue weighted by Crippen LogP contribution is -2.03. The molecule has 116 valence electrons. The van der Waals surface area contributed by atoms with Crippen LogP contribution in [0.1, 0.15) is 21.5 Å². The summed E-state index contributed by atoms with van der Waals surface area (Å²) < 4.78 is 5.87. The summed E-state index contributed by atoms with van der Waals surface area (Å²) >= 11 is 0. The number of carbonyl (C=O) groups is 1. The molecule has 0 spiro atoms. The summed E-state index contributed by atoms with van der Waals surface area (Å²) in [7, 11) is 0. The molecule has 0 saturated heterocycles. The van der Waals surface area contributed by atoms with Crippen LogP contribution in [0.5, 0.6) is 0 Å². The van der Waals surface area contributed by atoms with Crippen LogP contribution in [0, 0.1) is 6.92 Å². The molecule has 4 rings (SSSR count). The lowest BCUT2D eigenvalue weighted by Gasteiger charge is -2.07. The summed E-state index contributed by atoms with van der Waals surface area (Å²) in [6.45, 7) is 1.99. The SMILES string of the molecule is Cc1ccc(C(=O)c2ccccc2)c(-c2nc3ccccc3o2)c1. The molecule has 3 aromatic carbocycles. The monoisotopic (exact) mass is 313 g/mol. The maximum absolute atomic E-state index is 12.9. The van der Waals surface area contributed by atoms with Gasteiger partial charge in [0.25, 0.3) is 0 Å². The summed E-state index contributed by atoms with van der Waals surface area (Å²) in [5, 5.41) is 0. The van der Waals surface area contributed by atoms with Gasteiger partial charge in [-0.25, -0.2) is 4.98 Å². The lowest BCUT2D eigenvalue weighted by atomic mass is 9.96. The molecule has 0 N–H and O–H groups in total. The van der Waals surface area contributed by atoms with Crippen molar-refractivity contribution in [2.45, 2.75) is 6.92 Å². The van der Waals surface area contributed by atoms with Crippen LogP contribution in [-0.4, -0.2) is 10.8 Å². The van der Waals surface area contributed by atoms with Crippen LogP contribution in [0.2, 0.25) is 0 Å². The Balaban J connectivity index is 1.89. The van der Waals surface area contributed by atoms with Crippen molar-refractivity contribution in [3.05, 3.63) is 89.5 Å². The number of hydrogen-bond acceptors (Lipinski definition) is 3. The Hall–Kier alpha value is -3.20. The zero-order chi connectivity index (χ0) is 16.5. The highest BCUT2D eigenvalue weighted by Crippen LogP contribution is 2.29. The first kappa shape index (κ1) is 14.4. The summed E-state index contributed by atoms with van der Waals surface area (Å²) in [5.74, 6) is 0.437. The smallest absolute Gasteiger partial charge is 0.228 e. The van der Waals surface area contributed by atoms with Gasteiger partial charge in [-0.2, -0.15) is 0 Å². The maximum atomic E-state index is 12.9. The van der Waals surface area contributed by atoms with E-state index in [4.69, 9.17) is 4.42 Å². The van der Waals surface area contributed by atoms with E-state index in [1.807, 2.05) is 79.7 Å². The number of aromatic nitrogens is 1. The molecule has 24 heavy (non-hydrogen) atoms. The molecular weight excluding hydrogens is 298 g/mol. The number of aryl methyl sites for hydroxylation is 1. The Morgan fingerprint density at radius 3 is 2.46 bits per heavy atom. The van der Waals surface area contributed by atoms with Crippen molar-refractivity contribution in [2.75, 3.05) is 0 Å². The number of benzene rings is 3. The van der Waals surface area contributed by atoms with Gasteiger partial charge in [-0.15, -0.1) is 0 Å². The van der Waals surface area contributed by atoms with E-state index in [0.29, 0.717) is 22.6 Å². The van der Waals surface area contributed by atoms with Crippen LogP contribution < -0.4 is 0 Å². The number of ketones is 1. The normalized spacial score (nSPS) is 10.9. The first-order valence-electron chi connectivity index (χ1n) is 7.79. The Bertz CT molecular complexity index is 999. The number of fused-ring (bicyclic) bond motifs is 1. The van der Waals surface area contributed by atoms with Crippen LogP contribution in [0.4, 0.5) is 0 Å². The second-order valence-corrected chi connectivity index (χ2v) is 5.73. The van der Waals surface area contributed by atoms with Crippen molar-refractivity contribution in [2.24, 2.45) is 0 Å². The molecule has 0 unspecified atom stereocenters. The predicted molar refractivity (Wildman–Crippen MR) is 94.1 cm³/mol. The molecule has 0 aliphatic carbocycles. The Morgan fingerprint density at radius 1 is 0.917 bits per heavy atom. The van der Waals surface area contributed by atoms with Crippen LogP contribution >= 0.6 is 0 Å². The standard InChI is InChI=1S/C21H15NO2/c1-14-11-12-16(20(23)15-7-3-2-4-8-15)17(13-14)21-22-18-9-5-6-10-19(18)24-21/h2-13H,1H3. The summed E-state index contributed by atoms with van der Waals surface area (Å²) in [5.41, 5.74) is 4.52. The number of para-hydroxylation sites is 2. The van der Waals surface area contributed by atoms with Crippen molar-refractivity contribution in [3.8, 4) is 11.5 Å². The van der Waals surface area contributed by atoms with E-state index < -0.39 is 0 Å². The predicted octanol–water partition coefficient (Wildman–Crippen LogP) is 5.03. The molecule has 0 saturated carbocycles. The third-order valence-electron chi connectivity index (χ3n) is 3.98. The molecule has 0 fully saturated rings. The molecule has 0 bridgehead atoms. The van der Waals surface area contributed by atoms with Crippen LogP contribution in [0.25, 0.3) is 22.6 Å². The molecular formula is C21H15NO2. The fourth-order valence-corrected chi connectivity index (χ4v) is 2.77. The van der Waals surface area contributed by atoms with Gasteiger partial charge in [0.1, 0.15) is 5.52 Å². The first-order chi connectivity index (χ1) is 11.7. The maximum Gasteiger partial charge on any atom is 0.228 e. The zero-order valence-electron chi connectivity index (χ0n) is 13.2. The lowest BCUT2D eigenvalue weighted by molar-refractivity contribution is 0.103. The molecule has 0 radical (unpaired) electrons. The second kappa shape index (κ2) is 5.78. The van der Waals surface area contributed by atoms with E-state index in [1.165, 1.54) is 0 Å². The highest BCUT2D eigenvalue weighted by molar-refractivity contribution is 6.12. The molecule has 0 aliphatic heterocycles. The molecule has 3 heteroatoms. The van der Waals surface area contributed by atoms with Crippen molar-refractivity contribution >= 4 is 16.9 Å². The van der Waals surface area contributed by atoms with E-state index in [1.54, 1.807) is 0 Å². The molecule has 0 amide bonds. The number of oxazole rings is 1. The van der Waals surface area contributed by atoms with Gasteiger partial charge in [0.2, 0.25) is 5.89 Å². The van der Waals surface area contributed by atoms with Gasteiger partial charge in [0.15, 0.2) is 11.4 Å². The quantitative estimate of drug-likeness (QED) is 0.498. The van der Waals surface area contributed by atoms with Crippen molar-refractivity contribution in [1.29, 1.82) is 0 Å². The van der Waals surface area contributed by atoms with Crippen molar-refractivity contribution in [3.63, 3.8) is 0 Å². The molecule has 1 heterocycles. The van der Waals surface area contributed by atoms with Crippen LogP contribution in [0.15, 0.2) is 77.2 Å². The Labute approximate surface area is 139 Å². The Morgan fingerprint density at radius 2 is 1.67 bits per heavy atom. The minimum atomic E-state index is -0.0344. The van der Waals surface area contributed by atoms with Gasteiger partial charge in [-0.3, -0.25) is 4.79 Å². The number of nitrogens with zero attached hydrogens (tertiary/aromatic N) is 1. The van der Waals surface area contributed by atoms with Gasteiger partial charge in [-0.05, 0) is 31.2 Å². The van der Waals surface area contributed by atoms with Gasteiger partial charge in [-0.1, -0.05) is 54.1 Å². The number of rotatable bonds is 3. The molecule has 3 nitrogen and oxygen atoms in total. The number of carbonyl (C=O) groups excluding carboxylic acids is 1. The third kappa shape index (κ3) is 2.50. The van der Waals surface area contributed by atoms with E-state index in [2.05, 4.69) is 4.98 Å². The van der Waals surface area contributed by atoms with E-state index >= 15 is 0 Å². The highest BCUT2D eigenvalue weighted by Gasteiger charge is 2.18.